The van der Waals surface area contributed by atoms with Gasteiger partial charge in [-0.2, -0.15) is 5.10 Å². The van der Waals surface area contributed by atoms with Crippen LogP contribution in [0.3, 0.4) is 0 Å². The maximum atomic E-state index is 12.7. The van der Waals surface area contributed by atoms with Crippen LogP contribution in [-0.4, -0.2) is 25.2 Å². The Morgan fingerprint density at radius 1 is 1.14 bits per heavy atom. The molecular weight excluding hydrogens is 374 g/mol. The number of benzene rings is 1. The van der Waals surface area contributed by atoms with Crippen LogP contribution < -0.4 is 5.32 Å². The fraction of sp³-hybridized carbons (Fsp3) is 0.190. The first-order valence-corrected chi connectivity index (χ1v) is 9.35. The molecule has 0 bridgehead atoms. The maximum Gasteiger partial charge on any atom is 0.246 e. The zero-order valence-electron chi connectivity index (χ0n) is 15.9. The van der Waals surface area contributed by atoms with Crippen molar-refractivity contribution in [3.8, 4) is 5.82 Å². The van der Waals surface area contributed by atoms with Crippen molar-refractivity contribution < 1.29 is 4.79 Å². The van der Waals surface area contributed by atoms with Crippen LogP contribution in [0.4, 0.5) is 5.69 Å². The fourth-order valence-corrected chi connectivity index (χ4v) is 3.50. The number of hydrogen-bond donors (Lipinski definition) is 1. The second-order valence-electron chi connectivity index (χ2n) is 6.81. The van der Waals surface area contributed by atoms with Gasteiger partial charge in [0.25, 0.3) is 0 Å². The van der Waals surface area contributed by atoms with E-state index in [4.69, 9.17) is 11.6 Å². The van der Waals surface area contributed by atoms with E-state index >= 15 is 0 Å². The number of nitrogens with one attached hydrogen (secondary N) is 1. The lowest BCUT2D eigenvalue weighted by Crippen LogP contribution is -2.20. The third-order valence-electron chi connectivity index (χ3n) is 4.69. The molecule has 0 spiro atoms. The summed E-state index contributed by atoms with van der Waals surface area (Å²) in [6.45, 7) is 5.90. The molecule has 0 saturated carbocycles. The lowest BCUT2D eigenvalue weighted by atomic mass is 10.2. The van der Waals surface area contributed by atoms with E-state index in [0.717, 1.165) is 28.0 Å². The van der Waals surface area contributed by atoms with Crippen LogP contribution >= 0.6 is 11.6 Å². The van der Waals surface area contributed by atoms with Crippen molar-refractivity contribution in [3.63, 3.8) is 0 Å². The second kappa shape index (κ2) is 7.13. The third kappa shape index (κ3) is 3.27. The number of pyridine rings is 1. The average Bonchev–Trinajstić information content (AvgIpc) is 3.27. The van der Waals surface area contributed by atoms with Crippen molar-refractivity contribution in [1.29, 1.82) is 0 Å². The molecule has 6 nitrogen and oxygen atoms in total. The van der Waals surface area contributed by atoms with Crippen LogP contribution in [0.25, 0.3) is 16.9 Å². The Labute approximate surface area is 167 Å². The minimum absolute atomic E-state index is 0.0552. The number of hydrogen-bond acceptors (Lipinski definition) is 3. The van der Waals surface area contributed by atoms with Crippen molar-refractivity contribution >= 4 is 34.2 Å². The first-order chi connectivity index (χ1) is 13.4. The number of carbonyl (C=O) groups excluding carboxylic acids is 1. The van der Waals surface area contributed by atoms with Gasteiger partial charge >= 0.3 is 0 Å². The van der Waals surface area contributed by atoms with Crippen LogP contribution in [-0.2, 0) is 11.3 Å². The Bertz CT molecular complexity index is 1180. The lowest BCUT2D eigenvalue weighted by Gasteiger charge is -2.10. The third-order valence-corrected chi connectivity index (χ3v) is 5.10. The van der Waals surface area contributed by atoms with E-state index in [1.165, 1.54) is 0 Å². The highest BCUT2D eigenvalue weighted by molar-refractivity contribution is 6.31. The summed E-state index contributed by atoms with van der Waals surface area (Å²) in [4.78, 5) is 17.3. The van der Waals surface area contributed by atoms with Gasteiger partial charge in [-0.05, 0) is 62.2 Å². The standard InChI is InChI=1S/C21H20ClN5O/c1-13-11-14(2)23-20-19(13)21(26-9-4-5-10-26)25-27(20)12-18(28)24-17-8-6-7-16(22)15(17)3/h4-11H,12H2,1-3H3,(H,24,28). The SMILES string of the molecule is Cc1cc(C)c2c(-n3cccc3)nn(CC(=O)Nc3cccc(Cl)c3C)c2n1. The van der Waals surface area contributed by atoms with Crippen molar-refractivity contribution in [2.24, 2.45) is 0 Å². The van der Waals surface area contributed by atoms with Crippen molar-refractivity contribution in [2.45, 2.75) is 27.3 Å². The van der Waals surface area contributed by atoms with Gasteiger partial charge in [-0.25, -0.2) is 9.67 Å². The summed E-state index contributed by atoms with van der Waals surface area (Å²) in [5.74, 6) is 0.575. The Morgan fingerprint density at radius 3 is 2.64 bits per heavy atom. The highest BCUT2D eigenvalue weighted by Crippen LogP contribution is 2.26. The molecule has 28 heavy (non-hydrogen) atoms. The van der Waals surface area contributed by atoms with E-state index in [0.29, 0.717) is 16.4 Å². The molecule has 1 amide bonds. The Balaban J connectivity index is 1.72. The first-order valence-electron chi connectivity index (χ1n) is 8.97. The molecule has 1 N–H and O–H groups in total. The fourth-order valence-electron chi connectivity index (χ4n) is 3.33. The van der Waals surface area contributed by atoms with Crippen molar-refractivity contribution in [1.82, 2.24) is 19.3 Å². The van der Waals surface area contributed by atoms with Gasteiger partial charge in [0.05, 0.1) is 5.39 Å². The molecule has 0 fully saturated rings. The summed E-state index contributed by atoms with van der Waals surface area (Å²) in [7, 11) is 0. The molecule has 4 rings (SSSR count). The molecule has 7 heteroatoms. The average molecular weight is 394 g/mol. The predicted octanol–water partition coefficient (Wildman–Crippen LogP) is 4.44. The van der Waals surface area contributed by atoms with E-state index in [1.807, 2.05) is 68.1 Å². The molecule has 142 valence electrons. The van der Waals surface area contributed by atoms with Gasteiger partial charge < -0.3 is 9.88 Å². The van der Waals surface area contributed by atoms with E-state index in [1.54, 1.807) is 10.7 Å². The normalized spacial score (nSPS) is 11.1. The number of amides is 1. The molecule has 0 aliphatic rings. The molecule has 0 saturated heterocycles. The summed E-state index contributed by atoms with van der Waals surface area (Å²) in [6, 6.07) is 11.3. The monoisotopic (exact) mass is 393 g/mol. The number of fused-ring (bicyclic) bond motifs is 1. The second-order valence-corrected chi connectivity index (χ2v) is 7.22. The molecule has 4 aromatic rings. The summed E-state index contributed by atoms with van der Waals surface area (Å²) >= 11 is 6.15. The number of aromatic nitrogens is 4. The number of rotatable bonds is 4. The highest BCUT2D eigenvalue weighted by atomic mass is 35.5. The highest BCUT2D eigenvalue weighted by Gasteiger charge is 2.18. The van der Waals surface area contributed by atoms with Gasteiger partial charge in [-0.1, -0.05) is 17.7 Å². The Morgan fingerprint density at radius 2 is 1.89 bits per heavy atom. The number of aryl methyl sites for hydroxylation is 2. The molecule has 0 unspecified atom stereocenters. The van der Waals surface area contributed by atoms with Crippen LogP contribution in [0, 0.1) is 20.8 Å². The summed E-state index contributed by atoms with van der Waals surface area (Å²) in [5, 5.41) is 9.16. The smallest absolute Gasteiger partial charge is 0.246 e. The minimum atomic E-state index is -0.185. The molecule has 0 aliphatic carbocycles. The van der Waals surface area contributed by atoms with E-state index in [-0.39, 0.29) is 12.5 Å². The quantitative estimate of drug-likeness (QED) is 0.557. The number of anilines is 1. The lowest BCUT2D eigenvalue weighted by molar-refractivity contribution is -0.116. The van der Waals surface area contributed by atoms with Gasteiger partial charge in [0.15, 0.2) is 11.5 Å². The Kier molecular flexibility index (Phi) is 4.65. The zero-order valence-corrected chi connectivity index (χ0v) is 16.7. The van der Waals surface area contributed by atoms with Crippen LogP contribution in [0.15, 0.2) is 48.8 Å². The summed E-state index contributed by atoms with van der Waals surface area (Å²) in [6.07, 6.45) is 3.86. The molecule has 0 aliphatic heterocycles. The van der Waals surface area contributed by atoms with Gasteiger partial charge in [0, 0.05) is 28.8 Å². The van der Waals surface area contributed by atoms with Crippen molar-refractivity contribution in [2.75, 3.05) is 5.32 Å². The van der Waals surface area contributed by atoms with E-state index in [9.17, 15) is 4.79 Å². The molecular formula is C21H20ClN5O. The van der Waals surface area contributed by atoms with Crippen LogP contribution in [0.2, 0.25) is 5.02 Å². The molecule has 3 heterocycles. The van der Waals surface area contributed by atoms with Crippen LogP contribution in [0.5, 0.6) is 0 Å². The van der Waals surface area contributed by atoms with Crippen molar-refractivity contribution in [3.05, 3.63) is 70.6 Å². The summed E-state index contributed by atoms with van der Waals surface area (Å²) < 4.78 is 3.59. The van der Waals surface area contributed by atoms with Gasteiger partial charge in [0.2, 0.25) is 5.91 Å². The van der Waals surface area contributed by atoms with E-state index < -0.39 is 0 Å². The van der Waals surface area contributed by atoms with Crippen LogP contribution in [0.1, 0.15) is 16.8 Å². The topological polar surface area (TPSA) is 64.7 Å². The number of carbonyl (C=O) groups is 1. The number of halogens is 1. The largest absolute Gasteiger partial charge is 0.324 e. The van der Waals surface area contributed by atoms with Gasteiger partial charge in [-0.15, -0.1) is 0 Å². The maximum absolute atomic E-state index is 12.7. The van der Waals surface area contributed by atoms with E-state index in [2.05, 4.69) is 15.4 Å². The predicted molar refractivity (Wildman–Crippen MR) is 111 cm³/mol. The molecule has 3 aromatic heterocycles. The first kappa shape index (κ1) is 18.3. The molecule has 1 aromatic carbocycles. The van der Waals surface area contributed by atoms with Gasteiger partial charge in [-0.3, -0.25) is 4.79 Å². The Hall–Kier alpha value is -3.12. The van der Waals surface area contributed by atoms with Gasteiger partial charge in [0.1, 0.15) is 6.54 Å². The number of nitrogens with zero attached hydrogens (tertiary/aromatic N) is 4. The molecule has 0 atom stereocenters. The molecule has 0 radical (unpaired) electrons. The summed E-state index contributed by atoms with van der Waals surface area (Å²) in [5.41, 5.74) is 4.18. The zero-order chi connectivity index (χ0) is 19.8. The minimum Gasteiger partial charge on any atom is -0.324 e.